The number of nitrogens with zero attached hydrogens (tertiary/aromatic N) is 4. The molecular formula is C20H26N6O4. The Morgan fingerprint density at radius 2 is 2.00 bits per heavy atom. The lowest BCUT2D eigenvalue weighted by molar-refractivity contribution is -0.114. The SMILES string of the molecule is COCCNC(=O)c1cn(C[C@@H]2CCCN2C(=O)c2ccc(NC(C)=O)cc2)nn1. The van der Waals surface area contributed by atoms with Crippen molar-refractivity contribution in [3.63, 3.8) is 0 Å². The van der Waals surface area contributed by atoms with Crippen molar-refractivity contribution in [2.45, 2.75) is 32.4 Å². The fourth-order valence-electron chi connectivity index (χ4n) is 3.42. The number of methoxy groups -OCH3 is 1. The van der Waals surface area contributed by atoms with Gasteiger partial charge in [-0.15, -0.1) is 5.10 Å². The fourth-order valence-corrected chi connectivity index (χ4v) is 3.42. The molecule has 10 heteroatoms. The van der Waals surface area contributed by atoms with E-state index in [2.05, 4.69) is 20.9 Å². The lowest BCUT2D eigenvalue weighted by Crippen LogP contribution is -2.38. The van der Waals surface area contributed by atoms with Gasteiger partial charge in [0.25, 0.3) is 11.8 Å². The van der Waals surface area contributed by atoms with E-state index in [1.165, 1.54) is 6.92 Å². The molecular weight excluding hydrogens is 388 g/mol. The molecule has 2 aromatic rings. The highest BCUT2D eigenvalue weighted by Gasteiger charge is 2.30. The van der Waals surface area contributed by atoms with Gasteiger partial charge in [-0.1, -0.05) is 5.21 Å². The molecule has 1 saturated heterocycles. The maximum absolute atomic E-state index is 13.0. The second-order valence-electron chi connectivity index (χ2n) is 7.13. The fraction of sp³-hybridized carbons (Fsp3) is 0.450. The van der Waals surface area contributed by atoms with E-state index >= 15 is 0 Å². The number of hydrogen-bond donors (Lipinski definition) is 2. The van der Waals surface area contributed by atoms with Crippen LogP contribution in [-0.4, -0.2) is 70.5 Å². The summed E-state index contributed by atoms with van der Waals surface area (Å²) in [6.45, 7) is 3.38. The molecule has 1 fully saturated rings. The molecule has 0 bridgehead atoms. The van der Waals surface area contributed by atoms with Gasteiger partial charge in [0.2, 0.25) is 5.91 Å². The molecule has 3 amide bonds. The maximum Gasteiger partial charge on any atom is 0.273 e. The van der Waals surface area contributed by atoms with Crippen LogP contribution in [0.1, 0.15) is 40.6 Å². The number of ether oxygens (including phenoxy) is 1. The van der Waals surface area contributed by atoms with Crippen molar-refractivity contribution in [3.05, 3.63) is 41.7 Å². The summed E-state index contributed by atoms with van der Waals surface area (Å²) in [5.41, 5.74) is 1.44. The molecule has 3 rings (SSSR count). The van der Waals surface area contributed by atoms with Crippen LogP contribution in [0.3, 0.4) is 0 Å². The van der Waals surface area contributed by atoms with Gasteiger partial charge in [0, 0.05) is 38.4 Å². The molecule has 1 aromatic heterocycles. The molecule has 10 nitrogen and oxygen atoms in total. The highest BCUT2D eigenvalue weighted by molar-refractivity contribution is 5.96. The Labute approximate surface area is 174 Å². The monoisotopic (exact) mass is 414 g/mol. The van der Waals surface area contributed by atoms with Crippen LogP contribution < -0.4 is 10.6 Å². The molecule has 2 N–H and O–H groups in total. The number of carbonyl (C=O) groups is 3. The summed E-state index contributed by atoms with van der Waals surface area (Å²) in [5, 5.41) is 13.3. The summed E-state index contributed by atoms with van der Waals surface area (Å²) >= 11 is 0. The predicted octanol–water partition coefficient (Wildman–Crippen LogP) is 0.917. The lowest BCUT2D eigenvalue weighted by atomic mass is 10.1. The Kier molecular flexibility index (Phi) is 7.12. The first-order valence-electron chi connectivity index (χ1n) is 9.84. The van der Waals surface area contributed by atoms with Crippen LogP contribution in [0.25, 0.3) is 0 Å². The van der Waals surface area contributed by atoms with E-state index in [0.717, 1.165) is 12.8 Å². The number of likely N-dealkylation sites (tertiary alicyclic amines) is 1. The van der Waals surface area contributed by atoms with Gasteiger partial charge in [-0.25, -0.2) is 4.68 Å². The van der Waals surface area contributed by atoms with Crippen molar-refractivity contribution < 1.29 is 19.1 Å². The predicted molar refractivity (Wildman–Crippen MR) is 109 cm³/mol. The largest absolute Gasteiger partial charge is 0.383 e. The molecule has 30 heavy (non-hydrogen) atoms. The number of nitrogens with one attached hydrogen (secondary N) is 2. The first-order chi connectivity index (χ1) is 14.5. The van der Waals surface area contributed by atoms with Crippen molar-refractivity contribution in [1.29, 1.82) is 0 Å². The third-order valence-corrected chi connectivity index (χ3v) is 4.85. The zero-order valence-electron chi connectivity index (χ0n) is 17.1. The summed E-state index contributed by atoms with van der Waals surface area (Å²) < 4.78 is 6.50. The topological polar surface area (TPSA) is 118 Å². The van der Waals surface area contributed by atoms with Crippen molar-refractivity contribution in [1.82, 2.24) is 25.2 Å². The molecule has 1 aromatic carbocycles. The van der Waals surface area contributed by atoms with E-state index in [1.54, 1.807) is 42.3 Å². The van der Waals surface area contributed by atoms with Gasteiger partial charge in [-0.2, -0.15) is 0 Å². The summed E-state index contributed by atoms with van der Waals surface area (Å²) in [7, 11) is 1.56. The van der Waals surface area contributed by atoms with Crippen LogP contribution in [0.5, 0.6) is 0 Å². The number of anilines is 1. The second kappa shape index (κ2) is 9.97. The van der Waals surface area contributed by atoms with Crippen molar-refractivity contribution in [2.24, 2.45) is 0 Å². The number of amides is 3. The van der Waals surface area contributed by atoms with Crippen LogP contribution in [0.4, 0.5) is 5.69 Å². The van der Waals surface area contributed by atoms with E-state index in [0.29, 0.717) is 37.5 Å². The zero-order chi connectivity index (χ0) is 21.5. The molecule has 2 heterocycles. The Morgan fingerprint density at radius 3 is 2.70 bits per heavy atom. The Balaban J connectivity index is 1.61. The lowest BCUT2D eigenvalue weighted by Gasteiger charge is -2.24. The van der Waals surface area contributed by atoms with Crippen molar-refractivity contribution >= 4 is 23.4 Å². The van der Waals surface area contributed by atoms with E-state index in [9.17, 15) is 14.4 Å². The van der Waals surface area contributed by atoms with Crippen LogP contribution in [0, 0.1) is 0 Å². The smallest absolute Gasteiger partial charge is 0.273 e. The third kappa shape index (κ3) is 5.41. The van der Waals surface area contributed by atoms with Crippen LogP contribution >= 0.6 is 0 Å². The Hall–Kier alpha value is -3.27. The highest BCUT2D eigenvalue weighted by atomic mass is 16.5. The average Bonchev–Trinajstić information content (AvgIpc) is 3.38. The molecule has 0 unspecified atom stereocenters. The number of hydrogen-bond acceptors (Lipinski definition) is 6. The first kappa shape index (κ1) is 21.4. The van der Waals surface area contributed by atoms with Gasteiger partial charge in [0.05, 0.1) is 25.4 Å². The van der Waals surface area contributed by atoms with Crippen LogP contribution in [0.2, 0.25) is 0 Å². The van der Waals surface area contributed by atoms with Crippen LogP contribution in [-0.2, 0) is 16.1 Å². The standard InChI is InChI=1S/C20H26N6O4/c1-14(27)22-16-7-5-15(6-8-16)20(29)26-10-3-4-17(26)12-25-13-18(23-24-25)19(28)21-9-11-30-2/h5-8,13,17H,3-4,9-12H2,1-2H3,(H,21,28)(H,22,27)/t17-/m0/s1. The summed E-state index contributed by atoms with van der Waals surface area (Å²) in [5.74, 6) is -0.533. The van der Waals surface area contributed by atoms with E-state index in [1.807, 2.05) is 4.90 Å². The van der Waals surface area contributed by atoms with E-state index in [4.69, 9.17) is 4.74 Å². The van der Waals surface area contributed by atoms with Gasteiger partial charge in [-0.05, 0) is 37.1 Å². The quantitative estimate of drug-likeness (QED) is 0.620. The highest BCUT2D eigenvalue weighted by Crippen LogP contribution is 2.22. The first-order valence-corrected chi connectivity index (χ1v) is 9.84. The minimum absolute atomic E-state index is 0.0291. The van der Waals surface area contributed by atoms with Gasteiger partial charge in [0.15, 0.2) is 5.69 Å². The zero-order valence-corrected chi connectivity index (χ0v) is 17.1. The summed E-state index contributed by atoms with van der Waals surface area (Å²) in [4.78, 5) is 38.0. The van der Waals surface area contributed by atoms with Crippen molar-refractivity contribution in [2.75, 3.05) is 32.1 Å². The molecule has 0 radical (unpaired) electrons. The van der Waals surface area contributed by atoms with Gasteiger partial charge in [-0.3, -0.25) is 14.4 Å². The number of rotatable bonds is 8. The normalized spacial score (nSPS) is 15.8. The average molecular weight is 414 g/mol. The van der Waals surface area contributed by atoms with Gasteiger partial charge in [0.1, 0.15) is 0 Å². The molecule has 0 spiro atoms. The van der Waals surface area contributed by atoms with E-state index < -0.39 is 0 Å². The molecule has 1 atom stereocenters. The van der Waals surface area contributed by atoms with Gasteiger partial charge < -0.3 is 20.3 Å². The number of benzene rings is 1. The van der Waals surface area contributed by atoms with Crippen molar-refractivity contribution in [3.8, 4) is 0 Å². The number of aromatic nitrogens is 3. The van der Waals surface area contributed by atoms with E-state index in [-0.39, 0.29) is 29.5 Å². The van der Waals surface area contributed by atoms with Crippen LogP contribution in [0.15, 0.2) is 30.5 Å². The molecule has 0 aliphatic carbocycles. The minimum Gasteiger partial charge on any atom is -0.383 e. The Bertz CT molecular complexity index is 895. The Morgan fingerprint density at radius 1 is 1.23 bits per heavy atom. The third-order valence-electron chi connectivity index (χ3n) is 4.85. The molecule has 0 saturated carbocycles. The summed E-state index contributed by atoms with van der Waals surface area (Å²) in [6.07, 6.45) is 3.34. The molecule has 1 aliphatic rings. The molecule has 160 valence electrons. The second-order valence-corrected chi connectivity index (χ2v) is 7.13. The maximum atomic E-state index is 13.0. The summed E-state index contributed by atoms with van der Waals surface area (Å²) in [6, 6.07) is 6.82. The number of carbonyl (C=O) groups excluding carboxylic acids is 3. The van der Waals surface area contributed by atoms with Gasteiger partial charge >= 0.3 is 0 Å². The molecule has 1 aliphatic heterocycles. The minimum atomic E-state index is -0.308.